The maximum atomic E-state index is 16.2. The average Bonchev–Trinajstić information content (AvgIpc) is 3.56. The van der Waals surface area contributed by atoms with Gasteiger partial charge in [-0.05, 0) is 98.5 Å². The fourth-order valence-corrected chi connectivity index (χ4v) is 8.36. The van der Waals surface area contributed by atoms with Gasteiger partial charge in [-0.3, -0.25) is 4.79 Å². The zero-order valence-electron chi connectivity index (χ0n) is 23.0. The summed E-state index contributed by atoms with van der Waals surface area (Å²) in [4.78, 5) is 15.2. The van der Waals surface area contributed by atoms with Crippen LogP contribution in [0.4, 0.5) is 8.78 Å². The van der Waals surface area contributed by atoms with Gasteiger partial charge < -0.3 is 15.4 Å². The molecule has 3 aromatic rings. The average molecular weight is 663 g/mol. The number of benzene rings is 3. The third-order valence-electron chi connectivity index (χ3n) is 8.81. The lowest BCUT2D eigenvalue weighted by Crippen LogP contribution is -2.60. The summed E-state index contributed by atoms with van der Waals surface area (Å²) in [6.07, 6.45) is 6.80. The Morgan fingerprint density at radius 2 is 1.64 bits per heavy atom. The second kappa shape index (κ2) is 11.5. The largest absolute Gasteiger partial charge is 0.490 e. The SMILES string of the molecule is NC1CC2CCC(C1)N2C(=O)C(NS(=O)(=O)c1ccc2cc(OC3CCCC3)ccc2c1)C(F)(F)c1cccc(Br)c1. The van der Waals surface area contributed by atoms with Gasteiger partial charge in [0.15, 0.2) is 6.04 Å². The lowest BCUT2D eigenvalue weighted by molar-refractivity contribution is -0.149. The highest BCUT2D eigenvalue weighted by Crippen LogP contribution is 2.40. The molecule has 3 N–H and O–H groups in total. The minimum atomic E-state index is -4.54. The Labute approximate surface area is 253 Å². The van der Waals surface area contributed by atoms with E-state index in [1.807, 2.05) is 6.07 Å². The number of carbonyl (C=O) groups excluding carboxylic acids is 1. The highest BCUT2D eigenvalue weighted by molar-refractivity contribution is 9.10. The second-order valence-corrected chi connectivity index (χ2v) is 14.4. The van der Waals surface area contributed by atoms with Gasteiger partial charge in [-0.2, -0.15) is 13.5 Å². The van der Waals surface area contributed by atoms with Crippen molar-refractivity contribution in [1.82, 2.24) is 9.62 Å². The van der Waals surface area contributed by atoms with Crippen molar-refractivity contribution >= 4 is 42.6 Å². The van der Waals surface area contributed by atoms with Crippen molar-refractivity contribution < 1.29 is 26.7 Å². The molecule has 3 unspecified atom stereocenters. The summed E-state index contributed by atoms with van der Waals surface area (Å²) in [7, 11) is -4.54. The second-order valence-electron chi connectivity index (χ2n) is 11.7. The van der Waals surface area contributed by atoms with Crippen molar-refractivity contribution in [2.75, 3.05) is 0 Å². The van der Waals surface area contributed by atoms with Crippen molar-refractivity contribution in [3.63, 3.8) is 0 Å². The van der Waals surface area contributed by atoms with E-state index in [0.29, 0.717) is 41.3 Å². The molecule has 11 heteroatoms. The fourth-order valence-electron chi connectivity index (χ4n) is 6.73. The number of carbonyl (C=O) groups is 1. The smallest absolute Gasteiger partial charge is 0.298 e. The zero-order chi connectivity index (χ0) is 29.6. The van der Waals surface area contributed by atoms with Crippen molar-refractivity contribution in [2.24, 2.45) is 5.73 Å². The molecule has 7 nitrogen and oxygen atoms in total. The number of nitrogens with zero attached hydrogens (tertiary/aromatic N) is 1. The van der Waals surface area contributed by atoms with E-state index in [4.69, 9.17) is 10.5 Å². The van der Waals surface area contributed by atoms with Gasteiger partial charge in [0.1, 0.15) is 5.75 Å². The molecule has 3 atom stereocenters. The molecule has 2 heterocycles. The van der Waals surface area contributed by atoms with Gasteiger partial charge in [-0.15, -0.1) is 0 Å². The minimum absolute atomic E-state index is 0.117. The number of amides is 1. The highest BCUT2D eigenvalue weighted by atomic mass is 79.9. The van der Waals surface area contributed by atoms with Crippen LogP contribution in [0.15, 0.2) is 70.0 Å². The Morgan fingerprint density at radius 3 is 2.33 bits per heavy atom. The first-order valence-electron chi connectivity index (χ1n) is 14.5. The molecule has 3 fully saturated rings. The predicted octanol–water partition coefficient (Wildman–Crippen LogP) is 5.84. The Balaban J connectivity index is 1.32. The maximum Gasteiger partial charge on any atom is 0.298 e. The Kier molecular flexibility index (Phi) is 8.06. The van der Waals surface area contributed by atoms with E-state index in [-0.39, 0.29) is 29.1 Å². The fraction of sp³-hybridized carbons (Fsp3) is 0.452. The molecule has 1 amide bonds. The predicted molar refractivity (Wildman–Crippen MR) is 160 cm³/mol. The molecule has 2 aliphatic heterocycles. The summed E-state index contributed by atoms with van der Waals surface area (Å²) in [6.45, 7) is 0. The molecule has 1 saturated carbocycles. The molecule has 6 rings (SSSR count). The number of rotatable bonds is 8. The van der Waals surface area contributed by atoms with Crippen LogP contribution in [0.25, 0.3) is 10.8 Å². The van der Waals surface area contributed by atoms with Crippen molar-refractivity contribution in [3.8, 4) is 5.75 Å². The lowest BCUT2D eigenvalue weighted by atomic mass is 9.95. The summed E-state index contributed by atoms with van der Waals surface area (Å²) in [5.74, 6) is -4.06. The van der Waals surface area contributed by atoms with Gasteiger partial charge in [0.05, 0.1) is 11.0 Å². The summed E-state index contributed by atoms with van der Waals surface area (Å²) in [5, 5.41) is 1.37. The number of halogens is 3. The third-order valence-corrected chi connectivity index (χ3v) is 10.7. The monoisotopic (exact) mass is 661 g/mol. The summed E-state index contributed by atoms with van der Waals surface area (Å²) < 4.78 is 68.4. The molecule has 0 aromatic heterocycles. The standard InChI is InChI=1S/C31H34BrF2N3O4S/c32-22-5-3-4-21(16-22)31(33,34)29(30(38)37-24-10-11-25(37)18-23(35)17-24)36-42(39,40)28-13-9-19-14-27(12-8-20(19)15-28)41-26-6-1-2-7-26/h3-5,8-9,12-16,23-26,29,36H,1-2,6-7,10-11,17-18,35H2. The van der Waals surface area contributed by atoms with Crippen LogP contribution in [0, 0.1) is 0 Å². The Morgan fingerprint density at radius 1 is 0.976 bits per heavy atom. The molecule has 2 bridgehead atoms. The summed E-state index contributed by atoms with van der Waals surface area (Å²) >= 11 is 3.21. The summed E-state index contributed by atoms with van der Waals surface area (Å²) in [5.41, 5.74) is 5.68. The molecule has 42 heavy (non-hydrogen) atoms. The van der Waals surface area contributed by atoms with E-state index in [1.165, 1.54) is 35.2 Å². The van der Waals surface area contributed by atoms with Gasteiger partial charge in [-0.1, -0.05) is 40.2 Å². The molecule has 3 aliphatic rings. The topological polar surface area (TPSA) is 102 Å². The van der Waals surface area contributed by atoms with Crippen molar-refractivity contribution in [1.29, 1.82) is 0 Å². The van der Waals surface area contributed by atoms with Crippen LogP contribution in [0.5, 0.6) is 5.75 Å². The molecule has 0 radical (unpaired) electrons. The number of nitrogens with two attached hydrogens (primary N) is 1. The third kappa shape index (κ3) is 5.80. The molecule has 224 valence electrons. The number of fused-ring (bicyclic) bond motifs is 3. The van der Waals surface area contributed by atoms with Crippen LogP contribution in [0.3, 0.4) is 0 Å². The first-order valence-corrected chi connectivity index (χ1v) is 16.7. The molecule has 2 saturated heterocycles. The first kappa shape index (κ1) is 29.5. The molecular formula is C31H34BrF2N3O4S. The number of nitrogens with one attached hydrogen (secondary N) is 1. The highest BCUT2D eigenvalue weighted by Gasteiger charge is 2.53. The molecule has 3 aromatic carbocycles. The normalized spacial score (nSPS) is 23.8. The Bertz CT molecular complexity index is 1580. The van der Waals surface area contributed by atoms with E-state index in [2.05, 4.69) is 20.7 Å². The van der Waals surface area contributed by atoms with Crippen LogP contribution in [0.1, 0.15) is 56.9 Å². The Hall–Kier alpha value is -2.60. The quantitative estimate of drug-likeness (QED) is 0.316. The minimum Gasteiger partial charge on any atom is -0.490 e. The van der Waals surface area contributed by atoms with Crippen molar-refractivity contribution in [3.05, 3.63) is 70.7 Å². The van der Waals surface area contributed by atoms with E-state index in [9.17, 15) is 13.2 Å². The first-order chi connectivity index (χ1) is 20.0. The number of ether oxygens (including phenoxy) is 1. The van der Waals surface area contributed by atoms with E-state index in [1.54, 1.807) is 24.3 Å². The number of alkyl halides is 2. The summed E-state index contributed by atoms with van der Waals surface area (Å²) in [6, 6.07) is 12.2. The molecule has 1 aliphatic carbocycles. The lowest BCUT2D eigenvalue weighted by Gasteiger charge is -2.41. The van der Waals surface area contributed by atoms with Gasteiger partial charge in [-0.25, -0.2) is 8.42 Å². The number of hydrogen-bond acceptors (Lipinski definition) is 5. The number of piperidine rings is 1. The van der Waals surface area contributed by atoms with Crippen LogP contribution in [0.2, 0.25) is 0 Å². The van der Waals surface area contributed by atoms with Gasteiger partial charge in [0.2, 0.25) is 15.9 Å². The number of hydrogen-bond donors (Lipinski definition) is 2. The van der Waals surface area contributed by atoms with Gasteiger partial charge in [0, 0.05) is 28.2 Å². The van der Waals surface area contributed by atoms with E-state index >= 15 is 8.78 Å². The van der Waals surface area contributed by atoms with Crippen LogP contribution >= 0.6 is 15.9 Å². The van der Waals surface area contributed by atoms with Crippen molar-refractivity contribution in [2.45, 2.75) is 92.5 Å². The van der Waals surface area contributed by atoms with E-state index < -0.39 is 33.5 Å². The van der Waals surface area contributed by atoms with Gasteiger partial charge >= 0.3 is 0 Å². The van der Waals surface area contributed by atoms with Crippen LogP contribution < -0.4 is 15.2 Å². The molecule has 0 spiro atoms. The van der Waals surface area contributed by atoms with Crippen LogP contribution in [-0.2, 0) is 20.7 Å². The van der Waals surface area contributed by atoms with Gasteiger partial charge in [0.25, 0.3) is 5.92 Å². The van der Waals surface area contributed by atoms with E-state index in [0.717, 1.165) is 31.1 Å². The van der Waals surface area contributed by atoms with Crippen LogP contribution in [-0.4, -0.2) is 49.5 Å². The molecular weight excluding hydrogens is 628 g/mol. The number of sulfonamides is 1. The zero-order valence-corrected chi connectivity index (χ0v) is 25.4. The maximum absolute atomic E-state index is 16.2.